The van der Waals surface area contributed by atoms with Gasteiger partial charge in [-0.1, -0.05) is 56.3 Å². The number of hydrogen-bond acceptors (Lipinski definition) is 2. The Hall–Kier alpha value is -2.69. The van der Waals surface area contributed by atoms with Crippen molar-refractivity contribution >= 4 is 11.8 Å². The molecular weight excluding hydrogens is 367 g/mol. The van der Waals surface area contributed by atoms with E-state index in [1.54, 1.807) is 24.0 Å². The first-order valence-electron chi connectivity index (χ1n) is 10.2. The summed E-state index contributed by atoms with van der Waals surface area (Å²) in [5.41, 5.74) is 1.87. The standard InChI is InChI=1S/C24H31FN2O2/c1-18(2)15-16-26-24(29)19(3)27(17-21-9-12-22(25)13-10-21)23(28)14-11-20-7-5-4-6-8-20/h4-10,12-13,18-19H,11,14-17H2,1-3H3,(H,26,29). The summed E-state index contributed by atoms with van der Waals surface area (Å²) in [5.74, 6) is -0.0888. The van der Waals surface area contributed by atoms with E-state index in [1.807, 2.05) is 30.3 Å². The number of nitrogens with zero attached hydrogens (tertiary/aromatic N) is 1. The summed E-state index contributed by atoms with van der Waals surface area (Å²) in [6.45, 7) is 6.80. The molecule has 0 saturated carbocycles. The van der Waals surface area contributed by atoms with Gasteiger partial charge in [-0.05, 0) is 48.9 Å². The van der Waals surface area contributed by atoms with Gasteiger partial charge in [0.25, 0.3) is 0 Å². The average Bonchev–Trinajstić information content (AvgIpc) is 2.71. The van der Waals surface area contributed by atoms with E-state index >= 15 is 0 Å². The van der Waals surface area contributed by atoms with Crippen LogP contribution in [0.3, 0.4) is 0 Å². The molecule has 1 atom stereocenters. The molecule has 2 aromatic rings. The van der Waals surface area contributed by atoms with Crippen LogP contribution < -0.4 is 5.32 Å². The zero-order valence-electron chi connectivity index (χ0n) is 17.5. The van der Waals surface area contributed by atoms with Crippen molar-refractivity contribution < 1.29 is 14.0 Å². The molecule has 5 heteroatoms. The molecular formula is C24H31FN2O2. The van der Waals surface area contributed by atoms with Crippen molar-refractivity contribution in [2.45, 2.75) is 52.6 Å². The number of benzene rings is 2. The van der Waals surface area contributed by atoms with Crippen LogP contribution >= 0.6 is 0 Å². The molecule has 29 heavy (non-hydrogen) atoms. The molecule has 2 amide bonds. The Morgan fingerprint density at radius 1 is 0.966 bits per heavy atom. The van der Waals surface area contributed by atoms with Gasteiger partial charge >= 0.3 is 0 Å². The number of hydrogen-bond donors (Lipinski definition) is 1. The summed E-state index contributed by atoms with van der Waals surface area (Å²) < 4.78 is 13.2. The molecule has 2 rings (SSSR count). The zero-order chi connectivity index (χ0) is 21.2. The van der Waals surface area contributed by atoms with Crippen LogP contribution in [0.15, 0.2) is 54.6 Å². The van der Waals surface area contributed by atoms with Crippen LogP contribution in [0.2, 0.25) is 0 Å². The lowest BCUT2D eigenvalue weighted by Crippen LogP contribution is -2.48. The van der Waals surface area contributed by atoms with Crippen LogP contribution in [0.5, 0.6) is 0 Å². The quantitative estimate of drug-likeness (QED) is 0.647. The fraction of sp³-hybridized carbons (Fsp3) is 0.417. The lowest BCUT2D eigenvalue weighted by molar-refractivity contribution is -0.140. The van der Waals surface area contributed by atoms with Crippen LogP contribution in [0.4, 0.5) is 4.39 Å². The molecule has 0 radical (unpaired) electrons. The summed E-state index contributed by atoms with van der Waals surface area (Å²) in [7, 11) is 0. The summed E-state index contributed by atoms with van der Waals surface area (Å²) in [6, 6.07) is 15.2. The minimum atomic E-state index is -0.601. The van der Waals surface area contributed by atoms with E-state index in [1.165, 1.54) is 12.1 Å². The van der Waals surface area contributed by atoms with Crippen molar-refractivity contribution in [1.82, 2.24) is 10.2 Å². The number of amides is 2. The van der Waals surface area contributed by atoms with Crippen LogP contribution in [0.1, 0.15) is 44.7 Å². The third kappa shape index (κ3) is 7.68. The SMILES string of the molecule is CC(C)CCNC(=O)C(C)N(Cc1ccc(F)cc1)C(=O)CCc1ccccc1. The highest BCUT2D eigenvalue weighted by Crippen LogP contribution is 2.14. The van der Waals surface area contributed by atoms with E-state index in [4.69, 9.17) is 0 Å². The van der Waals surface area contributed by atoms with Gasteiger partial charge in [-0.3, -0.25) is 9.59 Å². The third-order valence-electron chi connectivity index (χ3n) is 4.92. The van der Waals surface area contributed by atoms with E-state index in [2.05, 4.69) is 19.2 Å². The van der Waals surface area contributed by atoms with Crippen LogP contribution in [-0.4, -0.2) is 29.3 Å². The first-order chi connectivity index (χ1) is 13.9. The summed E-state index contributed by atoms with van der Waals surface area (Å²) in [4.78, 5) is 27.2. The second-order valence-electron chi connectivity index (χ2n) is 7.78. The maximum Gasteiger partial charge on any atom is 0.242 e. The Kier molecular flexibility index (Phi) is 8.84. The van der Waals surface area contributed by atoms with E-state index in [0.29, 0.717) is 25.3 Å². The highest BCUT2D eigenvalue weighted by Gasteiger charge is 2.25. The Morgan fingerprint density at radius 3 is 2.24 bits per heavy atom. The number of halogens is 1. The van der Waals surface area contributed by atoms with Crippen molar-refractivity contribution in [3.8, 4) is 0 Å². The number of nitrogens with one attached hydrogen (secondary N) is 1. The molecule has 1 N–H and O–H groups in total. The van der Waals surface area contributed by atoms with Gasteiger partial charge in [0.15, 0.2) is 0 Å². The molecule has 0 aliphatic heterocycles. The first kappa shape index (κ1) is 22.6. The van der Waals surface area contributed by atoms with Gasteiger partial charge in [0.2, 0.25) is 11.8 Å². The summed E-state index contributed by atoms with van der Waals surface area (Å²) >= 11 is 0. The number of aryl methyl sites for hydroxylation is 1. The minimum Gasteiger partial charge on any atom is -0.354 e. The summed E-state index contributed by atoms with van der Waals surface area (Å²) in [6.07, 6.45) is 1.81. The smallest absolute Gasteiger partial charge is 0.242 e. The topological polar surface area (TPSA) is 49.4 Å². The molecule has 156 valence electrons. The molecule has 0 fully saturated rings. The number of carbonyl (C=O) groups is 2. The fourth-order valence-electron chi connectivity index (χ4n) is 3.04. The molecule has 1 unspecified atom stereocenters. The van der Waals surface area contributed by atoms with E-state index in [9.17, 15) is 14.0 Å². The molecule has 0 aliphatic carbocycles. The Labute approximate surface area is 173 Å². The van der Waals surface area contributed by atoms with Crippen LogP contribution in [0, 0.1) is 11.7 Å². The molecule has 0 aromatic heterocycles. The van der Waals surface area contributed by atoms with E-state index < -0.39 is 6.04 Å². The molecule has 2 aromatic carbocycles. The maximum atomic E-state index is 13.2. The molecule has 0 heterocycles. The van der Waals surface area contributed by atoms with E-state index in [0.717, 1.165) is 17.5 Å². The van der Waals surface area contributed by atoms with Gasteiger partial charge in [-0.2, -0.15) is 0 Å². The molecule has 0 spiro atoms. The van der Waals surface area contributed by atoms with Crippen molar-refractivity contribution in [2.24, 2.45) is 5.92 Å². The first-order valence-corrected chi connectivity index (χ1v) is 10.2. The molecule has 0 saturated heterocycles. The van der Waals surface area contributed by atoms with Gasteiger partial charge in [0.05, 0.1) is 0 Å². The highest BCUT2D eigenvalue weighted by atomic mass is 19.1. The van der Waals surface area contributed by atoms with Crippen LogP contribution in [-0.2, 0) is 22.6 Å². The van der Waals surface area contributed by atoms with Crippen LogP contribution in [0.25, 0.3) is 0 Å². The predicted octanol–water partition coefficient (Wildman–Crippen LogP) is 4.34. The Morgan fingerprint density at radius 2 is 1.62 bits per heavy atom. The van der Waals surface area contributed by atoms with Gasteiger partial charge in [0, 0.05) is 19.5 Å². The Balaban J connectivity index is 2.07. The van der Waals surface area contributed by atoms with Gasteiger partial charge in [-0.15, -0.1) is 0 Å². The van der Waals surface area contributed by atoms with Crippen molar-refractivity contribution in [3.63, 3.8) is 0 Å². The molecule has 0 aliphatic rings. The Bertz CT molecular complexity index is 775. The van der Waals surface area contributed by atoms with Gasteiger partial charge in [-0.25, -0.2) is 4.39 Å². The monoisotopic (exact) mass is 398 g/mol. The molecule has 0 bridgehead atoms. The van der Waals surface area contributed by atoms with Crippen molar-refractivity contribution in [2.75, 3.05) is 6.54 Å². The lowest BCUT2D eigenvalue weighted by atomic mass is 10.1. The zero-order valence-corrected chi connectivity index (χ0v) is 17.5. The van der Waals surface area contributed by atoms with E-state index in [-0.39, 0.29) is 24.2 Å². The van der Waals surface area contributed by atoms with Crippen molar-refractivity contribution in [3.05, 3.63) is 71.5 Å². The second-order valence-corrected chi connectivity index (χ2v) is 7.78. The minimum absolute atomic E-state index is 0.0929. The number of rotatable bonds is 10. The number of carbonyl (C=O) groups excluding carboxylic acids is 2. The average molecular weight is 399 g/mol. The summed E-state index contributed by atoms with van der Waals surface area (Å²) in [5, 5.41) is 2.92. The second kappa shape index (κ2) is 11.3. The van der Waals surface area contributed by atoms with Crippen molar-refractivity contribution in [1.29, 1.82) is 0 Å². The fourth-order valence-corrected chi connectivity index (χ4v) is 3.04. The maximum absolute atomic E-state index is 13.2. The third-order valence-corrected chi connectivity index (χ3v) is 4.92. The normalized spacial score (nSPS) is 11.9. The largest absolute Gasteiger partial charge is 0.354 e. The van der Waals surface area contributed by atoms with Gasteiger partial charge in [0.1, 0.15) is 11.9 Å². The molecule has 4 nitrogen and oxygen atoms in total. The highest BCUT2D eigenvalue weighted by molar-refractivity contribution is 5.87. The lowest BCUT2D eigenvalue weighted by Gasteiger charge is -2.29. The predicted molar refractivity (Wildman–Crippen MR) is 114 cm³/mol. The van der Waals surface area contributed by atoms with Gasteiger partial charge < -0.3 is 10.2 Å².